The molecule has 6 nitrogen and oxygen atoms in total. The average Bonchev–Trinajstić information content (AvgIpc) is 3.22. The van der Waals surface area contributed by atoms with Crippen LogP contribution in [0.5, 0.6) is 0 Å². The predicted octanol–water partition coefficient (Wildman–Crippen LogP) is 4.58. The minimum atomic E-state index is -0.522. The Balaban J connectivity index is 1.80. The number of nitrogens with zero attached hydrogens (tertiary/aromatic N) is 4. The maximum atomic E-state index is 12.0. The molecule has 2 atom stereocenters. The van der Waals surface area contributed by atoms with Gasteiger partial charge >= 0.3 is 0 Å². The number of nitrogens with two attached hydrogens (primary N) is 1. The Bertz CT molecular complexity index is 1090. The number of aromatic nitrogens is 3. The first-order chi connectivity index (χ1) is 13.8. The third-order valence-corrected chi connectivity index (χ3v) is 6.64. The van der Waals surface area contributed by atoms with Gasteiger partial charge in [0.15, 0.2) is 0 Å². The smallest absolute Gasteiger partial charge is 0.252 e. The number of amides is 1. The number of hydrogen-bond donors (Lipinski definition) is 1. The molecular formula is C23H27N5O. The molecule has 0 radical (unpaired) electrons. The molecule has 2 unspecified atom stereocenters. The maximum Gasteiger partial charge on any atom is 0.252 e. The number of aliphatic imine (C=N–C) groups is 1. The molecule has 1 fully saturated rings. The van der Waals surface area contributed by atoms with Gasteiger partial charge in [0.25, 0.3) is 5.91 Å². The summed E-state index contributed by atoms with van der Waals surface area (Å²) in [6.07, 6.45) is 9.56. The summed E-state index contributed by atoms with van der Waals surface area (Å²) in [5.74, 6) is 0.481. The fraction of sp³-hybridized carbons (Fsp3) is 0.391. The summed E-state index contributed by atoms with van der Waals surface area (Å²) in [6, 6.07) is 5.99. The Morgan fingerprint density at radius 2 is 2.07 bits per heavy atom. The fourth-order valence-electron chi connectivity index (χ4n) is 4.13. The molecule has 0 spiro atoms. The fourth-order valence-corrected chi connectivity index (χ4v) is 4.13. The molecular weight excluding hydrogens is 362 g/mol. The summed E-state index contributed by atoms with van der Waals surface area (Å²) in [5, 5.41) is 4.37. The SMILES string of the molecule is Cc1ccc(-c2cc3c(N=CC4CCC(C)C4(C)C)c(C(N)=O)cnn3c2)cn1. The van der Waals surface area contributed by atoms with Crippen LogP contribution < -0.4 is 5.73 Å². The van der Waals surface area contributed by atoms with Gasteiger partial charge in [-0.15, -0.1) is 0 Å². The van der Waals surface area contributed by atoms with Crippen LogP contribution in [0.3, 0.4) is 0 Å². The molecule has 150 valence electrons. The maximum absolute atomic E-state index is 12.0. The van der Waals surface area contributed by atoms with Crippen molar-refractivity contribution in [2.24, 2.45) is 28.0 Å². The summed E-state index contributed by atoms with van der Waals surface area (Å²) < 4.78 is 1.75. The van der Waals surface area contributed by atoms with E-state index >= 15 is 0 Å². The van der Waals surface area contributed by atoms with Gasteiger partial charge in [-0.1, -0.05) is 26.8 Å². The molecule has 3 aromatic rings. The van der Waals surface area contributed by atoms with Gasteiger partial charge in [0, 0.05) is 35.4 Å². The van der Waals surface area contributed by atoms with E-state index in [1.54, 1.807) is 4.52 Å². The van der Waals surface area contributed by atoms with Crippen LogP contribution in [0.2, 0.25) is 0 Å². The molecule has 1 saturated carbocycles. The second kappa shape index (κ2) is 7.10. The van der Waals surface area contributed by atoms with Crippen LogP contribution in [0.1, 0.15) is 49.7 Å². The summed E-state index contributed by atoms with van der Waals surface area (Å²) in [6.45, 7) is 8.83. The quantitative estimate of drug-likeness (QED) is 0.663. The number of fused-ring (bicyclic) bond motifs is 1. The van der Waals surface area contributed by atoms with Crippen molar-refractivity contribution in [1.29, 1.82) is 0 Å². The first-order valence-electron chi connectivity index (χ1n) is 10.1. The summed E-state index contributed by atoms with van der Waals surface area (Å²) in [7, 11) is 0. The zero-order valence-electron chi connectivity index (χ0n) is 17.4. The van der Waals surface area contributed by atoms with Crippen molar-refractivity contribution in [3.05, 3.63) is 48.0 Å². The zero-order chi connectivity index (χ0) is 20.8. The number of pyridine rings is 1. The molecule has 1 aliphatic rings. The van der Waals surface area contributed by atoms with E-state index in [0.717, 1.165) is 28.8 Å². The van der Waals surface area contributed by atoms with Crippen LogP contribution in [0.25, 0.3) is 16.6 Å². The van der Waals surface area contributed by atoms with Crippen LogP contribution in [0.15, 0.2) is 41.8 Å². The minimum Gasteiger partial charge on any atom is -0.365 e. The summed E-state index contributed by atoms with van der Waals surface area (Å²) in [4.78, 5) is 21.2. The number of hydrogen-bond acceptors (Lipinski definition) is 4. The van der Waals surface area contributed by atoms with Crippen LogP contribution in [0, 0.1) is 24.2 Å². The third-order valence-electron chi connectivity index (χ3n) is 6.64. The number of carbonyl (C=O) groups excluding carboxylic acids is 1. The van der Waals surface area contributed by atoms with E-state index < -0.39 is 5.91 Å². The molecule has 3 aromatic heterocycles. The highest BCUT2D eigenvalue weighted by Gasteiger charge is 2.39. The monoisotopic (exact) mass is 389 g/mol. The number of aryl methyl sites for hydroxylation is 1. The Hall–Kier alpha value is -3.02. The first-order valence-corrected chi connectivity index (χ1v) is 10.1. The third kappa shape index (κ3) is 3.43. The van der Waals surface area contributed by atoms with Gasteiger partial charge in [0.2, 0.25) is 0 Å². The minimum absolute atomic E-state index is 0.181. The summed E-state index contributed by atoms with van der Waals surface area (Å²) in [5.41, 5.74) is 10.4. The van der Waals surface area contributed by atoms with Crippen molar-refractivity contribution < 1.29 is 4.79 Å². The lowest BCUT2D eigenvalue weighted by Crippen LogP contribution is -2.24. The molecule has 4 rings (SSSR count). The van der Waals surface area contributed by atoms with Gasteiger partial charge in [-0.25, -0.2) is 4.52 Å². The highest BCUT2D eigenvalue weighted by atomic mass is 16.1. The normalized spacial score (nSPS) is 21.2. The Morgan fingerprint density at radius 1 is 1.28 bits per heavy atom. The standard InChI is InChI=1S/C23H27N5O/c1-14-5-8-18(23(14,3)4)11-26-21-19(22(24)29)12-27-28-13-17(9-20(21)28)16-7-6-15(2)25-10-16/h6-7,9-14,18H,5,8H2,1-4H3,(H2,24,29). The number of rotatable bonds is 4. The van der Waals surface area contributed by atoms with E-state index in [-0.39, 0.29) is 5.41 Å². The topological polar surface area (TPSA) is 85.6 Å². The van der Waals surface area contributed by atoms with Gasteiger partial charge in [0.05, 0.1) is 17.3 Å². The molecule has 0 aliphatic heterocycles. The van der Waals surface area contributed by atoms with Gasteiger partial charge in [-0.2, -0.15) is 5.10 Å². The molecule has 1 amide bonds. The lowest BCUT2D eigenvalue weighted by atomic mass is 9.77. The average molecular weight is 390 g/mol. The Morgan fingerprint density at radius 3 is 2.69 bits per heavy atom. The van der Waals surface area contributed by atoms with Crippen molar-refractivity contribution >= 4 is 23.3 Å². The van der Waals surface area contributed by atoms with Crippen LogP contribution in [0.4, 0.5) is 5.69 Å². The van der Waals surface area contributed by atoms with E-state index in [1.165, 1.54) is 12.6 Å². The largest absolute Gasteiger partial charge is 0.365 e. The lowest BCUT2D eigenvalue weighted by Gasteiger charge is -2.28. The Kier molecular flexibility index (Phi) is 4.73. The number of primary amides is 1. The zero-order valence-corrected chi connectivity index (χ0v) is 17.4. The van der Waals surface area contributed by atoms with Crippen LogP contribution in [-0.2, 0) is 0 Å². The molecule has 0 saturated heterocycles. The van der Waals surface area contributed by atoms with Gasteiger partial charge in [0.1, 0.15) is 5.69 Å². The van der Waals surface area contributed by atoms with E-state index in [9.17, 15) is 4.79 Å². The summed E-state index contributed by atoms with van der Waals surface area (Å²) >= 11 is 0. The second-order valence-electron chi connectivity index (χ2n) is 8.70. The van der Waals surface area contributed by atoms with Crippen LogP contribution >= 0.6 is 0 Å². The van der Waals surface area contributed by atoms with Crippen molar-refractivity contribution in [1.82, 2.24) is 14.6 Å². The van der Waals surface area contributed by atoms with E-state index in [1.807, 2.05) is 43.7 Å². The van der Waals surface area contributed by atoms with Gasteiger partial charge in [-0.3, -0.25) is 14.8 Å². The molecule has 3 heterocycles. The van der Waals surface area contributed by atoms with Crippen molar-refractivity contribution in [3.63, 3.8) is 0 Å². The van der Waals surface area contributed by atoms with Crippen molar-refractivity contribution in [2.75, 3.05) is 0 Å². The molecule has 1 aliphatic carbocycles. The Labute approximate surface area is 170 Å². The molecule has 2 N–H and O–H groups in total. The molecule has 6 heteroatoms. The predicted molar refractivity (Wildman–Crippen MR) is 115 cm³/mol. The highest BCUT2D eigenvalue weighted by Crippen LogP contribution is 2.46. The van der Waals surface area contributed by atoms with Crippen molar-refractivity contribution in [2.45, 2.75) is 40.5 Å². The van der Waals surface area contributed by atoms with Gasteiger partial charge in [-0.05, 0) is 49.1 Å². The van der Waals surface area contributed by atoms with E-state index in [2.05, 4.69) is 30.9 Å². The van der Waals surface area contributed by atoms with E-state index in [0.29, 0.717) is 23.1 Å². The molecule has 0 aromatic carbocycles. The molecule has 0 bridgehead atoms. The molecule has 29 heavy (non-hydrogen) atoms. The van der Waals surface area contributed by atoms with E-state index in [4.69, 9.17) is 10.7 Å². The highest BCUT2D eigenvalue weighted by molar-refractivity contribution is 6.02. The second-order valence-corrected chi connectivity index (χ2v) is 8.70. The number of carbonyl (C=O) groups is 1. The van der Waals surface area contributed by atoms with Gasteiger partial charge < -0.3 is 5.73 Å². The van der Waals surface area contributed by atoms with Crippen molar-refractivity contribution in [3.8, 4) is 11.1 Å². The first kappa shape index (κ1) is 19.3. The lowest BCUT2D eigenvalue weighted by molar-refractivity contribution is 0.100. The van der Waals surface area contributed by atoms with Crippen LogP contribution in [-0.4, -0.2) is 26.7 Å².